The van der Waals surface area contributed by atoms with Gasteiger partial charge in [0.15, 0.2) is 0 Å². The van der Waals surface area contributed by atoms with Gasteiger partial charge >= 0.3 is 0 Å². The van der Waals surface area contributed by atoms with Crippen molar-refractivity contribution in [2.24, 2.45) is 0 Å². The lowest BCUT2D eigenvalue weighted by Crippen LogP contribution is -2.00. The average Bonchev–Trinajstić information content (AvgIpc) is 2.15. The molecule has 0 fully saturated rings. The fourth-order valence-corrected chi connectivity index (χ4v) is 1.85. The Morgan fingerprint density at radius 2 is 2.00 bits per heavy atom. The van der Waals surface area contributed by atoms with E-state index in [2.05, 4.69) is 4.98 Å². The molecular formula is C7H5Cl2F2NO2S. The molecule has 15 heavy (non-hydrogen) atoms. The molecule has 0 aromatic carbocycles. The van der Waals surface area contributed by atoms with Crippen LogP contribution in [0.25, 0.3) is 0 Å². The molecule has 0 atom stereocenters. The van der Waals surface area contributed by atoms with E-state index in [1.807, 2.05) is 0 Å². The number of rotatable bonds is 3. The fraction of sp³-hybridized carbons (Fsp3) is 0.286. The molecule has 3 nitrogen and oxygen atoms in total. The largest absolute Gasteiger partial charge is 0.280 e. The van der Waals surface area contributed by atoms with Crippen LogP contribution in [0, 0.1) is 0 Å². The maximum absolute atomic E-state index is 12.3. The van der Waals surface area contributed by atoms with Crippen LogP contribution in [0.1, 0.15) is 17.8 Å². The van der Waals surface area contributed by atoms with Crippen LogP contribution >= 0.6 is 22.3 Å². The van der Waals surface area contributed by atoms with Crippen LogP contribution in [0.3, 0.4) is 0 Å². The van der Waals surface area contributed by atoms with Crippen LogP contribution in [-0.2, 0) is 14.9 Å². The van der Waals surface area contributed by atoms with E-state index in [1.165, 1.54) is 0 Å². The zero-order chi connectivity index (χ0) is 11.6. The summed E-state index contributed by atoms with van der Waals surface area (Å²) >= 11 is 5.38. The third-order valence-electron chi connectivity index (χ3n) is 1.51. The van der Waals surface area contributed by atoms with E-state index >= 15 is 0 Å². The molecule has 1 aromatic heterocycles. The van der Waals surface area contributed by atoms with Crippen molar-refractivity contribution < 1.29 is 17.2 Å². The Bertz CT molecular complexity index is 464. The van der Waals surface area contributed by atoms with Gasteiger partial charge in [0.2, 0.25) is 0 Å². The highest BCUT2D eigenvalue weighted by molar-refractivity contribution is 8.13. The monoisotopic (exact) mass is 275 g/mol. The zero-order valence-electron chi connectivity index (χ0n) is 7.12. The van der Waals surface area contributed by atoms with E-state index < -0.39 is 26.1 Å². The average molecular weight is 276 g/mol. The van der Waals surface area contributed by atoms with Crippen LogP contribution in [-0.4, -0.2) is 13.4 Å². The van der Waals surface area contributed by atoms with Gasteiger partial charge in [0.25, 0.3) is 15.5 Å². The Labute approximate surface area is 94.4 Å². The first-order chi connectivity index (χ1) is 6.84. The number of nitrogens with zero attached hydrogens (tertiary/aromatic N) is 1. The van der Waals surface area contributed by atoms with Crippen molar-refractivity contribution in [2.45, 2.75) is 17.2 Å². The molecule has 8 heteroatoms. The summed E-state index contributed by atoms with van der Waals surface area (Å²) in [7, 11) is 0.969. The predicted molar refractivity (Wildman–Crippen MR) is 51.8 cm³/mol. The highest BCUT2D eigenvalue weighted by atomic mass is 35.7. The van der Waals surface area contributed by atoms with Gasteiger partial charge in [-0.3, -0.25) is 4.98 Å². The maximum Gasteiger partial charge on any atom is 0.280 e. The molecule has 0 unspecified atom stereocenters. The standard InChI is InChI=1S/C7H5Cl2F2NO2S/c8-3-4-1-5(15(9,13)14)2-6(12-4)7(10)11/h1-2,7H,3H2. The van der Waals surface area contributed by atoms with Gasteiger partial charge < -0.3 is 0 Å². The molecule has 0 spiro atoms. The molecule has 0 aliphatic rings. The maximum atomic E-state index is 12.3. The van der Waals surface area contributed by atoms with E-state index in [-0.39, 0.29) is 11.6 Å². The molecule has 0 amide bonds. The topological polar surface area (TPSA) is 47.0 Å². The lowest BCUT2D eigenvalue weighted by molar-refractivity contribution is 0.145. The summed E-state index contributed by atoms with van der Waals surface area (Å²) in [5, 5.41) is 0. The van der Waals surface area contributed by atoms with E-state index in [0.29, 0.717) is 0 Å². The Hall–Kier alpha value is -0.460. The number of hydrogen-bond donors (Lipinski definition) is 0. The summed E-state index contributed by atoms with van der Waals surface area (Å²) in [6.07, 6.45) is -2.87. The van der Waals surface area contributed by atoms with E-state index in [9.17, 15) is 17.2 Å². The molecule has 0 bridgehead atoms. The van der Waals surface area contributed by atoms with Crippen molar-refractivity contribution in [1.82, 2.24) is 4.98 Å². The Balaban J connectivity index is 3.36. The molecule has 0 saturated heterocycles. The van der Waals surface area contributed by atoms with Crippen LogP contribution < -0.4 is 0 Å². The molecule has 0 aliphatic carbocycles. The lowest BCUT2D eigenvalue weighted by Gasteiger charge is -2.04. The molecule has 0 aliphatic heterocycles. The summed E-state index contributed by atoms with van der Waals surface area (Å²) in [5.74, 6) is -0.167. The van der Waals surface area contributed by atoms with Crippen molar-refractivity contribution in [1.29, 1.82) is 0 Å². The SMILES string of the molecule is O=S(=O)(Cl)c1cc(CCl)nc(C(F)F)c1. The summed E-state index contributed by atoms with van der Waals surface area (Å²) in [5.41, 5.74) is -0.624. The number of pyridine rings is 1. The molecule has 0 saturated carbocycles. The van der Waals surface area contributed by atoms with Gasteiger partial charge in [-0.05, 0) is 12.1 Å². The van der Waals surface area contributed by atoms with Gasteiger partial charge in [-0.2, -0.15) is 0 Å². The summed E-state index contributed by atoms with van der Waals surface area (Å²) in [4.78, 5) is 3.03. The number of halogens is 4. The number of aromatic nitrogens is 1. The van der Waals surface area contributed by atoms with Gasteiger partial charge in [-0.25, -0.2) is 17.2 Å². The van der Waals surface area contributed by atoms with Crippen LogP contribution in [0.5, 0.6) is 0 Å². The molecular weight excluding hydrogens is 271 g/mol. The highest BCUT2D eigenvalue weighted by Crippen LogP contribution is 2.23. The fourth-order valence-electron chi connectivity index (χ4n) is 0.903. The van der Waals surface area contributed by atoms with E-state index in [4.69, 9.17) is 22.3 Å². The third kappa shape index (κ3) is 3.25. The minimum absolute atomic E-state index is 0.0358. The van der Waals surface area contributed by atoms with Crippen molar-refractivity contribution in [3.8, 4) is 0 Å². The van der Waals surface area contributed by atoms with Crippen molar-refractivity contribution in [3.63, 3.8) is 0 Å². The summed E-state index contributed by atoms with van der Waals surface area (Å²) < 4.78 is 46.5. The minimum atomic E-state index is -4.05. The van der Waals surface area contributed by atoms with Crippen LogP contribution in [0.4, 0.5) is 8.78 Å². The second-order valence-corrected chi connectivity index (χ2v) is 5.42. The summed E-state index contributed by atoms with van der Waals surface area (Å²) in [6.45, 7) is 0. The Morgan fingerprint density at radius 3 is 2.40 bits per heavy atom. The van der Waals surface area contributed by atoms with Gasteiger partial charge in [0.05, 0.1) is 16.5 Å². The first kappa shape index (κ1) is 12.6. The first-order valence-electron chi connectivity index (χ1n) is 3.64. The second-order valence-electron chi connectivity index (χ2n) is 2.59. The highest BCUT2D eigenvalue weighted by Gasteiger charge is 2.17. The van der Waals surface area contributed by atoms with Crippen LogP contribution in [0.2, 0.25) is 0 Å². The molecule has 0 N–H and O–H groups in total. The summed E-state index contributed by atoms with van der Waals surface area (Å²) in [6, 6.07) is 1.78. The Morgan fingerprint density at radius 1 is 1.40 bits per heavy atom. The predicted octanol–water partition coefficient (Wildman–Crippen LogP) is 2.69. The van der Waals surface area contributed by atoms with Gasteiger partial charge in [-0.15, -0.1) is 11.6 Å². The molecule has 0 radical (unpaired) electrons. The van der Waals surface area contributed by atoms with Crippen LogP contribution in [0.15, 0.2) is 17.0 Å². The smallest absolute Gasteiger partial charge is 0.251 e. The van der Waals surface area contributed by atoms with Crippen molar-refractivity contribution >= 4 is 31.3 Å². The first-order valence-corrected chi connectivity index (χ1v) is 6.48. The minimum Gasteiger partial charge on any atom is -0.251 e. The van der Waals surface area contributed by atoms with Crippen molar-refractivity contribution in [2.75, 3.05) is 0 Å². The number of alkyl halides is 3. The molecule has 1 rings (SSSR count). The normalized spacial score (nSPS) is 12.1. The molecule has 84 valence electrons. The van der Waals surface area contributed by atoms with Crippen molar-refractivity contribution in [3.05, 3.63) is 23.5 Å². The second kappa shape index (κ2) is 4.59. The molecule has 1 aromatic rings. The third-order valence-corrected chi connectivity index (χ3v) is 3.12. The molecule has 1 heterocycles. The van der Waals surface area contributed by atoms with E-state index in [1.54, 1.807) is 0 Å². The van der Waals surface area contributed by atoms with E-state index in [0.717, 1.165) is 12.1 Å². The zero-order valence-corrected chi connectivity index (χ0v) is 9.45. The lowest BCUT2D eigenvalue weighted by atomic mass is 10.3. The van der Waals surface area contributed by atoms with Gasteiger partial charge in [0, 0.05) is 10.7 Å². The number of hydrogen-bond acceptors (Lipinski definition) is 3. The quantitative estimate of drug-likeness (QED) is 0.630. The Kier molecular flexibility index (Phi) is 3.86. The van der Waals surface area contributed by atoms with Gasteiger partial charge in [-0.1, -0.05) is 0 Å². The van der Waals surface area contributed by atoms with Gasteiger partial charge in [0.1, 0.15) is 5.69 Å².